The first-order valence-electron chi connectivity index (χ1n) is 6.22. The number of hydrogen-bond acceptors (Lipinski definition) is 5. The molecule has 2 aromatic rings. The summed E-state index contributed by atoms with van der Waals surface area (Å²) >= 11 is 0. The molecule has 1 amide bonds. The SMILES string of the molecule is O=C(NCCc1ccncc1)c1cc(O)ccc1[N+](=O)[O-]. The molecule has 0 aliphatic carbocycles. The van der Waals surface area contributed by atoms with Crippen molar-refractivity contribution < 1.29 is 14.8 Å². The molecular formula is C14H13N3O4. The highest BCUT2D eigenvalue weighted by molar-refractivity contribution is 5.98. The van der Waals surface area contributed by atoms with E-state index in [0.717, 1.165) is 17.7 Å². The molecule has 0 radical (unpaired) electrons. The highest BCUT2D eigenvalue weighted by Gasteiger charge is 2.20. The van der Waals surface area contributed by atoms with E-state index in [1.807, 2.05) is 12.1 Å². The number of aromatic nitrogens is 1. The number of hydrogen-bond donors (Lipinski definition) is 2. The number of carbonyl (C=O) groups excluding carboxylic acids is 1. The summed E-state index contributed by atoms with van der Waals surface area (Å²) < 4.78 is 0. The maximum atomic E-state index is 12.0. The van der Waals surface area contributed by atoms with E-state index in [1.54, 1.807) is 12.4 Å². The van der Waals surface area contributed by atoms with Crippen LogP contribution in [0.4, 0.5) is 5.69 Å². The van der Waals surface area contributed by atoms with Crippen molar-refractivity contribution in [2.75, 3.05) is 6.54 Å². The zero-order valence-corrected chi connectivity index (χ0v) is 11.0. The van der Waals surface area contributed by atoms with Gasteiger partial charge in [-0.1, -0.05) is 0 Å². The van der Waals surface area contributed by atoms with E-state index >= 15 is 0 Å². The van der Waals surface area contributed by atoms with Gasteiger partial charge in [-0.15, -0.1) is 0 Å². The van der Waals surface area contributed by atoms with Crippen LogP contribution in [0.15, 0.2) is 42.7 Å². The number of pyridine rings is 1. The lowest BCUT2D eigenvalue weighted by Crippen LogP contribution is -2.26. The Bertz CT molecular complexity index is 659. The normalized spacial score (nSPS) is 10.1. The maximum absolute atomic E-state index is 12.0. The average Bonchev–Trinajstić information content (AvgIpc) is 2.47. The number of aromatic hydroxyl groups is 1. The Kier molecular flexibility index (Phi) is 4.45. The van der Waals surface area contributed by atoms with Crippen molar-refractivity contribution in [3.8, 4) is 5.75 Å². The van der Waals surface area contributed by atoms with E-state index in [9.17, 15) is 20.0 Å². The Balaban J connectivity index is 2.03. The van der Waals surface area contributed by atoms with Gasteiger partial charge in [0.05, 0.1) is 4.92 Å². The van der Waals surface area contributed by atoms with Crippen molar-refractivity contribution >= 4 is 11.6 Å². The highest BCUT2D eigenvalue weighted by Crippen LogP contribution is 2.23. The number of nitrogens with one attached hydrogen (secondary N) is 1. The fourth-order valence-corrected chi connectivity index (χ4v) is 1.83. The van der Waals surface area contributed by atoms with Crippen LogP contribution in [0, 0.1) is 10.1 Å². The zero-order valence-electron chi connectivity index (χ0n) is 11.0. The Morgan fingerprint density at radius 2 is 2.00 bits per heavy atom. The Morgan fingerprint density at radius 1 is 1.29 bits per heavy atom. The minimum absolute atomic E-state index is 0.158. The topological polar surface area (TPSA) is 105 Å². The fourth-order valence-electron chi connectivity index (χ4n) is 1.83. The van der Waals surface area contributed by atoms with Crippen molar-refractivity contribution in [1.82, 2.24) is 10.3 Å². The molecule has 108 valence electrons. The number of rotatable bonds is 5. The molecule has 0 unspecified atom stereocenters. The molecule has 21 heavy (non-hydrogen) atoms. The third-order valence-corrected chi connectivity index (χ3v) is 2.87. The van der Waals surface area contributed by atoms with E-state index in [0.29, 0.717) is 13.0 Å². The molecule has 1 aromatic heterocycles. The first-order valence-corrected chi connectivity index (χ1v) is 6.22. The molecule has 0 spiro atoms. The van der Waals surface area contributed by atoms with Crippen LogP contribution in [0.3, 0.4) is 0 Å². The van der Waals surface area contributed by atoms with Gasteiger partial charge in [0.25, 0.3) is 11.6 Å². The van der Waals surface area contributed by atoms with Crippen LogP contribution >= 0.6 is 0 Å². The third kappa shape index (κ3) is 3.75. The number of nitrogens with zero attached hydrogens (tertiary/aromatic N) is 2. The van der Waals surface area contributed by atoms with Gasteiger partial charge < -0.3 is 10.4 Å². The van der Waals surface area contributed by atoms with E-state index < -0.39 is 10.8 Å². The number of benzene rings is 1. The second-order valence-electron chi connectivity index (χ2n) is 4.32. The van der Waals surface area contributed by atoms with Crippen LogP contribution in [0.5, 0.6) is 5.75 Å². The van der Waals surface area contributed by atoms with Gasteiger partial charge in [0.2, 0.25) is 0 Å². The lowest BCUT2D eigenvalue weighted by molar-refractivity contribution is -0.385. The summed E-state index contributed by atoms with van der Waals surface area (Å²) in [6, 6.07) is 7.00. The molecule has 0 saturated carbocycles. The number of phenolic OH excluding ortho intramolecular Hbond substituents is 1. The van der Waals surface area contributed by atoms with Crippen LogP contribution in [-0.4, -0.2) is 27.5 Å². The predicted octanol–water partition coefficient (Wildman–Crippen LogP) is 1.67. The van der Waals surface area contributed by atoms with Crippen molar-refractivity contribution in [2.45, 2.75) is 6.42 Å². The molecule has 0 saturated heterocycles. The minimum Gasteiger partial charge on any atom is -0.508 e. The summed E-state index contributed by atoms with van der Waals surface area (Å²) in [7, 11) is 0. The van der Waals surface area contributed by atoms with Crippen molar-refractivity contribution in [1.29, 1.82) is 0 Å². The number of phenols is 1. The highest BCUT2D eigenvalue weighted by atomic mass is 16.6. The number of nitro groups is 1. The smallest absolute Gasteiger partial charge is 0.282 e. The van der Waals surface area contributed by atoms with Crippen LogP contribution in [0.1, 0.15) is 15.9 Å². The second-order valence-corrected chi connectivity index (χ2v) is 4.32. The quantitative estimate of drug-likeness (QED) is 0.642. The van der Waals surface area contributed by atoms with Gasteiger partial charge in [-0.05, 0) is 36.2 Å². The van der Waals surface area contributed by atoms with Gasteiger partial charge in [-0.2, -0.15) is 0 Å². The van der Waals surface area contributed by atoms with Gasteiger partial charge in [-0.3, -0.25) is 19.9 Å². The number of amides is 1. The number of carbonyl (C=O) groups is 1. The molecule has 0 bridgehead atoms. The van der Waals surface area contributed by atoms with Crippen LogP contribution in [-0.2, 0) is 6.42 Å². The summed E-state index contributed by atoms with van der Waals surface area (Å²) in [6.07, 6.45) is 3.88. The molecule has 0 aliphatic heterocycles. The molecule has 2 rings (SSSR count). The Labute approximate surface area is 120 Å². The molecule has 0 atom stereocenters. The van der Waals surface area contributed by atoms with Crippen LogP contribution in [0.2, 0.25) is 0 Å². The van der Waals surface area contributed by atoms with E-state index in [4.69, 9.17) is 0 Å². The number of nitro benzene ring substituents is 1. The van der Waals surface area contributed by atoms with E-state index in [-0.39, 0.29) is 17.0 Å². The molecule has 0 aliphatic rings. The Morgan fingerprint density at radius 3 is 2.67 bits per heavy atom. The molecule has 0 fully saturated rings. The third-order valence-electron chi connectivity index (χ3n) is 2.87. The second kappa shape index (κ2) is 6.47. The Hall–Kier alpha value is -2.96. The van der Waals surface area contributed by atoms with E-state index in [2.05, 4.69) is 10.3 Å². The lowest BCUT2D eigenvalue weighted by Gasteiger charge is -2.06. The first-order chi connectivity index (χ1) is 10.1. The van der Waals surface area contributed by atoms with E-state index in [1.165, 1.54) is 6.07 Å². The standard InChI is InChI=1S/C14H13N3O4/c18-11-1-2-13(17(20)21)12(9-11)14(19)16-8-5-10-3-6-15-7-4-10/h1-4,6-7,9,18H,5,8H2,(H,16,19). The molecule has 1 aromatic carbocycles. The molecule has 7 nitrogen and oxygen atoms in total. The lowest BCUT2D eigenvalue weighted by atomic mass is 10.1. The minimum atomic E-state index is -0.656. The summed E-state index contributed by atoms with van der Waals surface area (Å²) in [5.41, 5.74) is 0.500. The van der Waals surface area contributed by atoms with Gasteiger partial charge in [0, 0.05) is 25.0 Å². The van der Waals surface area contributed by atoms with Gasteiger partial charge in [-0.25, -0.2) is 0 Å². The summed E-state index contributed by atoms with van der Waals surface area (Å²) in [6.45, 7) is 0.329. The summed E-state index contributed by atoms with van der Waals surface area (Å²) in [4.78, 5) is 26.1. The largest absolute Gasteiger partial charge is 0.508 e. The summed E-state index contributed by atoms with van der Waals surface area (Å²) in [5.74, 6) is -0.786. The predicted molar refractivity (Wildman–Crippen MR) is 75.0 cm³/mol. The fraction of sp³-hybridized carbons (Fsp3) is 0.143. The van der Waals surface area contributed by atoms with Gasteiger partial charge in [0.1, 0.15) is 11.3 Å². The van der Waals surface area contributed by atoms with Crippen molar-refractivity contribution in [3.05, 3.63) is 64.0 Å². The maximum Gasteiger partial charge on any atom is 0.282 e. The average molecular weight is 287 g/mol. The monoisotopic (exact) mass is 287 g/mol. The summed E-state index contributed by atoms with van der Waals surface area (Å²) in [5, 5.41) is 22.8. The van der Waals surface area contributed by atoms with Gasteiger partial charge >= 0.3 is 0 Å². The molecule has 1 heterocycles. The van der Waals surface area contributed by atoms with Crippen LogP contribution < -0.4 is 5.32 Å². The van der Waals surface area contributed by atoms with Crippen molar-refractivity contribution in [3.63, 3.8) is 0 Å². The molecule has 2 N–H and O–H groups in total. The zero-order chi connectivity index (χ0) is 15.2. The van der Waals surface area contributed by atoms with Gasteiger partial charge in [0.15, 0.2) is 0 Å². The van der Waals surface area contributed by atoms with Crippen molar-refractivity contribution in [2.24, 2.45) is 0 Å². The molecular weight excluding hydrogens is 274 g/mol. The molecule has 7 heteroatoms. The van der Waals surface area contributed by atoms with Crippen LogP contribution in [0.25, 0.3) is 0 Å². The first kappa shape index (κ1) is 14.4.